The molecule has 7 nitrogen and oxygen atoms in total. The number of furan rings is 1. The molecule has 0 aliphatic carbocycles. The van der Waals surface area contributed by atoms with Crippen LogP contribution in [0.3, 0.4) is 0 Å². The van der Waals surface area contributed by atoms with Crippen LogP contribution in [0, 0.1) is 0 Å². The summed E-state index contributed by atoms with van der Waals surface area (Å²) in [5, 5.41) is 3.29. The summed E-state index contributed by atoms with van der Waals surface area (Å²) < 4.78 is 6.87. The molecule has 4 rings (SSSR count). The molecule has 1 aromatic carbocycles. The summed E-state index contributed by atoms with van der Waals surface area (Å²) in [4.78, 5) is 28.3. The molecule has 1 aliphatic heterocycles. The fourth-order valence-corrected chi connectivity index (χ4v) is 3.46. The van der Waals surface area contributed by atoms with Crippen LogP contribution in [0.2, 0.25) is 0 Å². The fourth-order valence-electron chi connectivity index (χ4n) is 3.46. The van der Waals surface area contributed by atoms with Gasteiger partial charge in [0, 0.05) is 5.56 Å². The number of aromatic nitrogens is 2. The van der Waals surface area contributed by atoms with Crippen molar-refractivity contribution in [2.24, 2.45) is 0 Å². The molecule has 0 amide bonds. The van der Waals surface area contributed by atoms with E-state index in [2.05, 4.69) is 29.4 Å². The van der Waals surface area contributed by atoms with E-state index in [1.54, 1.807) is 12.3 Å². The summed E-state index contributed by atoms with van der Waals surface area (Å²) >= 11 is 0. The third kappa shape index (κ3) is 2.97. The Morgan fingerprint density at radius 2 is 2.00 bits per heavy atom. The Hall–Kier alpha value is -3.06. The van der Waals surface area contributed by atoms with Gasteiger partial charge in [-0.05, 0) is 19.1 Å². The zero-order valence-electron chi connectivity index (χ0n) is 14.5. The highest BCUT2D eigenvalue weighted by molar-refractivity contribution is 5.44. The lowest BCUT2D eigenvalue weighted by Crippen LogP contribution is -3.12. The van der Waals surface area contributed by atoms with E-state index >= 15 is 0 Å². The van der Waals surface area contributed by atoms with Crippen LogP contribution in [0.25, 0.3) is 0 Å². The van der Waals surface area contributed by atoms with E-state index in [9.17, 15) is 9.59 Å². The Morgan fingerprint density at radius 3 is 2.73 bits per heavy atom. The standard InChI is InChI=1S/C19H20N4O3/c1-13(14-6-3-2-4-7-14)22-11-16-17(20-12-22)23(19(25)21-18(16)24)10-15-8-5-9-26-15/h2-9,13,20H,10-12H2,1H3,(H,21,24,25)/p+1/t13-/m1/s1. The molecule has 0 spiro atoms. The largest absolute Gasteiger partial charge is 0.467 e. The third-order valence-electron chi connectivity index (χ3n) is 4.99. The molecule has 0 radical (unpaired) electrons. The van der Waals surface area contributed by atoms with E-state index < -0.39 is 5.69 Å². The monoisotopic (exact) mass is 353 g/mol. The fraction of sp³-hybridized carbons (Fsp3) is 0.263. The van der Waals surface area contributed by atoms with Crippen LogP contribution >= 0.6 is 0 Å². The summed E-state index contributed by atoms with van der Waals surface area (Å²) in [7, 11) is 0. The number of fused-ring (bicyclic) bond motifs is 1. The van der Waals surface area contributed by atoms with Gasteiger partial charge in [-0.1, -0.05) is 30.3 Å². The van der Waals surface area contributed by atoms with Gasteiger partial charge >= 0.3 is 5.69 Å². The lowest BCUT2D eigenvalue weighted by atomic mass is 10.1. The van der Waals surface area contributed by atoms with Crippen molar-refractivity contribution in [3.05, 3.63) is 86.5 Å². The van der Waals surface area contributed by atoms with Crippen molar-refractivity contribution in [3.63, 3.8) is 0 Å². The first-order chi connectivity index (χ1) is 12.6. The summed E-state index contributed by atoms with van der Waals surface area (Å²) in [5.41, 5.74) is 1.05. The van der Waals surface area contributed by atoms with Crippen LogP contribution in [0.4, 0.5) is 5.82 Å². The van der Waals surface area contributed by atoms with Crippen LogP contribution in [0.5, 0.6) is 0 Å². The Balaban J connectivity index is 1.67. The predicted octanol–water partition coefficient (Wildman–Crippen LogP) is 0.707. The highest BCUT2D eigenvalue weighted by atomic mass is 16.3. The van der Waals surface area contributed by atoms with Gasteiger partial charge in [0.05, 0.1) is 12.8 Å². The van der Waals surface area contributed by atoms with Crippen molar-refractivity contribution in [2.45, 2.75) is 26.1 Å². The number of H-pyrrole nitrogens is 1. The third-order valence-corrected chi connectivity index (χ3v) is 4.99. The van der Waals surface area contributed by atoms with Gasteiger partial charge in [-0.3, -0.25) is 14.3 Å². The molecular formula is C19H21N4O3+. The van der Waals surface area contributed by atoms with E-state index in [-0.39, 0.29) is 18.1 Å². The molecular weight excluding hydrogens is 332 g/mol. The minimum atomic E-state index is -0.433. The van der Waals surface area contributed by atoms with Crippen molar-refractivity contribution in [1.29, 1.82) is 0 Å². The topological polar surface area (TPSA) is 84.5 Å². The predicted molar refractivity (Wildman–Crippen MR) is 97.1 cm³/mol. The van der Waals surface area contributed by atoms with Gasteiger partial charge in [-0.25, -0.2) is 4.79 Å². The molecule has 0 fully saturated rings. The number of benzene rings is 1. The molecule has 7 heteroatoms. The van der Waals surface area contributed by atoms with Crippen molar-refractivity contribution in [3.8, 4) is 0 Å². The van der Waals surface area contributed by atoms with Gasteiger partial charge in [0.25, 0.3) is 5.56 Å². The molecule has 3 N–H and O–H groups in total. The zero-order valence-corrected chi connectivity index (χ0v) is 14.5. The maximum Gasteiger partial charge on any atom is 0.330 e. The van der Waals surface area contributed by atoms with Gasteiger partial charge in [0.2, 0.25) is 0 Å². The molecule has 3 aromatic rings. The second-order valence-corrected chi connectivity index (χ2v) is 6.57. The minimum absolute atomic E-state index is 0.224. The van der Waals surface area contributed by atoms with E-state index in [1.165, 1.54) is 15.0 Å². The summed E-state index contributed by atoms with van der Waals surface area (Å²) in [6.45, 7) is 3.60. The van der Waals surface area contributed by atoms with Crippen molar-refractivity contribution in [2.75, 3.05) is 12.0 Å². The molecule has 2 aromatic heterocycles. The highest BCUT2D eigenvalue weighted by Gasteiger charge is 2.29. The zero-order chi connectivity index (χ0) is 18.1. The minimum Gasteiger partial charge on any atom is -0.467 e. The molecule has 0 bridgehead atoms. The average Bonchev–Trinajstić information content (AvgIpc) is 3.18. The molecule has 3 heterocycles. The lowest BCUT2D eigenvalue weighted by Gasteiger charge is -2.32. The number of anilines is 1. The van der Waals surface area contributed by atoms with Crippen LogP contribution in [0.1, 0.15) is 29.9 Å². The van der Waals surface area contributed by atoms with Gasteiger partial charge < -0.3 is 14.6 Å². The average molecular weight is 353 g/mol. The maximum atomic E-state index is 12.4. The quantitative estimate of drug-likeness (QED) is 0.645. The number of hydrogen-bond donors (Lipinski definition) is 3. The van der Waals surface area contributed by atoms with Gasteiger partial charge in [-0.2, -0.15) is 0 Å². The Labute approximate surface area is 149 Å². The SMILES string of the molecule is C[C@H](c1ccccc1)[NH+]1CNc2c(c(=O)[nH]c(=O)n2Cc2ccco2)C1. The Morgan fingerprint density at radius 1 is 1.19 bits per heavy atom. The molecule has 26 heavy (non-hydrogen) atoms. The summed E-state index contributed by atoms with van der Waals surface area (Å²) in [5.74, 6) is 1.25. The van der Waals surface area contributed by atoms with E-state index in [0.29, 0.717) is 30.4 Å². The van der Waals surface area contributed by atoms with Crippen molar-refractivity contribution in [1.82, 2.24) is 9.55 Å². The molecule has 0 saturated carbocycles. The molecule has 1 aliphatic rings. The number of nitrogens with zero attached hydrogens (tertiary/aromatic N) is 1. The molecule has 2 atom stereocenters. The van der Waals surface area contributed by atoms with E-state index in [4.69, 9.17) is 4.42 Å². The summed E-state index contributed by atoms with van der Waals surface area (Å²) in [6, 6.07) is 14.0. The lowest BCUT2D eigenvalue weighted by molar-refractivity contribution is -0.941. The molecule has 0 saturated heterocycles. The summed E-state index contributed by atoms with van der Waals surface area (Å²) in [6.07, 6.45) is 1.57. The van der Waals surface area contributed by atoms with Crippen LogP contribution in [-0.2, 0) is 13.1 Å². The Bertz CT molecular complexity index is 1010. The number of quaternary nitrogens is 1. The van der Waals surface area contributed by atoms with E-state index in [0.717, 1.165) is 0 Å². The smallest absolute Gasteiger partial charge is 0.330 e. The van der Waals surface area contributed by atoms with Crippen molar-refractivity contribution >= 4 is 5.82 Å². The first kappa shape index (κ1) is 16.4. The maximum absolute atomic E-state index is 12.4. The second-order valence-electron chi connectivity index (χ2n) is 6.57. The highest BCUT2D eigenvalue weighted by Crippen LogP contribution is 2.15. The van der Waals surface area contributed by atoms with E-state index in [1.807, 2.05) is 24.3 Å². The Kier molecular flexibility index (Phi) is 4.22. The van der Waals surface area contributed by atoms with Crippen molar-refractivity contribution < 1.29 is 9.32 Å². The number of rotatable bonds is 4. The van der Waals surface area contributed by atoms with Crippen LogP contribution in [-0.4, -0.2) is 16.2 Å². The molecule has 134 valence electrons. The van der Waals surface area contributed by atoms with Gasteiger partial charge in [0.15, 0.2) is 6.67 Å². The first-order valence-electron chi connectivity index (χ1n) is 8.65. The van der Waals surface area contributed by atoms with Crippen LogP contribution in [0.15, 0.2) is 62.7 Å². The number of nitrogens with one attached hydrogen (secondary N) is 3. The molecule has 1 unspecified atom stereocenters. The number of hydrogen-bond acceptors (Lipinski definition) is 4. The normalized spacial score (nSPS) is 17.3. The number of aromatic amines is 1. The van der Waals surface area contributed by atoms with Gasteiger partial charge in [0.1, 0.15) is 29.7 Å². The van der Waals surface area contributed by atoms with Crippen LogP contribution < -0.4 is 21.5 Å². The van der Waals surface area contributed by atoms with Gasteiger partial charge in [-0.15, -0.1) is 0 Å². The first-order valence-corrected chi connectivity index (χ1v) is 8.65. The second kappa shape index (κ2) is 6.68.